The van der Waals surface area contributed by atoms with E-state index >= 15 is 0 Å². The van der Waals surface area contributed by atoms with E-state index in [1.807, 2.05) is 0 Å². The lowest BCUT2D eigenvalue weighted by atomic mass is 10.1. The quantitative estimate of drug-likeness (QED) is 0.866. The van der Waals surface area contributed by atoms with Crippen LogP contribution in [-0.2, 0) is 4.79 Å². The Morgan fingerprint density at radius 1 is 1.33 bits per heavy atom. The van der Waals surface area contributed by atoms with E-state index in [1.54, 1.807) is 17.0 Å². The van der Waals surface area contributed by atoms with Crippen molar-refractivity contribution in [1.82, 2.24) is 10.2 Å². The summed E-state index contributed by atoms with van der Waals surface area (Å²) >= 11 is 11.8. The van der Waals surface area contributed by atoms with E-state index in [0.717, 1.165) is 13.1 Å². The molecule has 1 saturated heterocycles. The number of benzene rings is 1. The molecule has 1 atom stereocenters. The van der Waals surface area contributed by atoms with Crippen LogP contribution in [0.5, 0.6) is 0 Å². The smallest absolute Gasteiger partial charge is 0.256 e. The van der Waals surface area contributed by atoms with Crippen LogP contribution in [0.3, 0.4) is 0 Å². The molecule has 0 aromatic heterocycles. The maximum atomic E-state index is 12.1. The first-order valence-electron chi connectivity index (χ1n) is 5.72. The van der Waals surface area contributed by atoms with Gasteiger partial charge >= 0.3 is 0 Å². The fourth-order valence-corrected chi connectivity index (χ4v) is 2.32. The molecule has 0 spiro atoms. The van der Waals surface area contributed by atoms with Crippen LogP contribution < -0.4 is 5.32 Å². The van der Waals surface area contributed by atoms with Gasteiger partial charge in [-0.25, -0.2) is 0 Å². The topological polar surface area (TPSA) is 52.6 Å². The summed E-state index contributed by atoms with van der Waals surface area (Å²) in [5.74, 6) is -0.333. The number of carbonyl (C=O) groups is 1. The Morgan fingerprint density at radius 2 is 2.00 bits per heavy atom. The zero-order chi connectivity index (χ0) is 13.1. The molecule has 98 valence electrons. The Bertz CT molecular complexity index is 448. The largest absolute Gasteiger partial charge is 0.378 e. The number of nitrogens with one attached hydrogen (secondary N) is 1. The Labute approximate surface area is 115 Å². The van der Waals surface area contributed by atoms with Crippen molar-refractivity contribution in [2.45, 2.75) is 6.10 Å². The van der Waals surface area contributed by atoms with Crippen molar-refractivity contribution in [3.8, 4) is 0 Å². The Hall–Kier alpha value is -0.810. The molecule has 1 amide bonds. The molecule has 2 N–H and O–H groups in total. The van der Waals surface area contributed by atoms with Crippen molar-refractivity contribution >= 4 is 29.1 Å². The number of rotatable bonds is 2. The lowest BCUT2D eigenvalue weighted by Gasteiger charge is -2.29. The van der Waals surface area contributed by atoms with Gasteiger partial charge in [0.25, 0.3) is 5.91 Å². The number of hydrogen-bond acceptors (Lipinski definition) is 3. The van der Waals surface area contributed by atoms with Crippen molar-refractivity contribution in [1.29, 1.82) is 0 Å². The van der Waals surface area contributed by atoms with Gasteiger partial charge in [-0.05, 0) is 18.2 Å². The van der Waals surface area contributed by atoms with Crippen molar-refractivity contribution < 1.29 is 9.90 Å². The molecule has 4 nitrogen and oxygen atoms in total. The number of aliphatic hydroxyl groups excluding tert-OH is 1. The van der Waals surface area contributed by atoms with Gasteiger partial charge in [0.05, 0.1) is 0 Å². The second-order valence-corrected chi connectivity index (χ2v) is 4.99. The van der Waals surface area contributed by atoms with Crippen LogP contribution in [0.2, 0.25) is 10.0 Å². The zero-order valence-corrected chi connectivity index (χ0v) is 11.2. The van der Waals surface area contributed by atoms with E-state index in [2.05, 4.69) is 5.32 Å². The highest BCUT2D eigenvalue weighted by atomic mass is 35.5. The molecule has 1 aliphatic rings. The molecule has 6 heteroatoms. The van der Waals surface area contributed by atoms with Gasteiger partial charge in [0.15, 0.2) is 6.10 Å². The second kappa shape index (κ2) is 5.89. The summed E-state index contributed by atoms with van der Waals surface area (Å²) in [6.45, 7) is 2.66. The molecule has 1 heterocycles. The highest BCUT2D eigenvalue weighted by molar-refractivity contribution is 6.33. The second-order valence-electron chi connectivity index (χ2n) is 4.14. The van der Waals surface area contributed by atoms with Crippen LogP contribution in [0.25, 0.3) is 0 Å². The van der Waals surface area contributed by atoms with Gasteiger partial charge in [0.1, 0.15) is 0 Å². The van der Waals surface area contributed by atoms with Gasteiger partial charge in [-0.15, -0.1) is 0 Å². The van der Waals surface area contributed by atoms with E-state index in [0.29, 0.717) is 28.7 Å². The van der Waals surface area contributed by atoms with Gasteiger partial charge in [-0.3, -0.25) is 4.79 Å². The summed E-state index contributed by atoms with van der Waals surface area (Å²) in [6.07, 6.45) is -1.26. The molecule has 1 fully saturated rings. The third kappa shape index (κ3) is 2.95. The number of aliphatic hydroxyl groups is 1. The minimum atomic E-state index is -1.26. The van der Waals surface area contributed by atoms with E-state index in [9.17, 15) is 9.90 Å². The molecular formula is C12H14Cl2N2O2. The van der Waals surface area contributed by atoms with Gasteiger partial charge in [-0.2, -0.15) is 0 Å². The molecule has 1 aliphatic heterocycles. The van der Waals surface area contributed by atoms with Crippen molar-refractivity contribution in [3.05, 3.63) is 33.8 Å². The minimum absolute atomic E-state index is 0.333. The summed E-state index contributed by atoms with van der Waals surface area (Å²) in [5.41, 5.74) is 0.354. The first-order valence-corrected chi connectivity index (χ1v) is 6.47. The van der Waals surface area contributed by atoms with Crippen LogP contribution in [-0.4, -0.2) is 42.1 Å². The summed E-state index contributed by atoms with van der Waals surface area (Å²) in [4.78, 5) is 13.7. The van der Waals surface area contributed by atoms with Crippen LogP contribution in [0.15, 0.2) is 18.2 Å². The minimum Gasteiger partial charge on any atom is -0.378 e. The van der Waals surface area contributed by atoms with Gasteiger partial charge in [-0.1, -0.05) is 23.2 Å². The van der Waals surface area contributed by atoms with E-state index in [4.69, 9.17) is 23.2 Å². The first-order chi connectivity index (χ1) is 8.59. The van der Waals surface area contributed by atoms with Crippen LogP contribution in [0.4, 0.5) is 0 Å². The summed E-state index contributed by atoms with van der Waals surface area (Å²) in [7, 11) is 0. The maximum absolute atomic E-state index is 12.1. The molecule has 2 rings (SSSR count). The number of hydrogen-bond donors (Lipinski definition) is 2. The monoisotopic (exact) mass is 288 g/mol. The fourth-order valence-electron chi connectivity index (χ4n) is 1.92. The first kappa shape index (κ1) is 13.6. The molecule has 1 unspecified atom stereocenters. The molecule has 1 aromatic rings. The van der Waals surface area contributed by atoms with Crippen LogP contribution in [0.1, 0.15) is 11.7 Å². The maximum Gasteiger partial charge on any atom is 0.256 e. The van der Waals surface area contributed by atoms with Crippen LogP contribution in [0, 0.1) is 0 Å². The number of piperazine rings is 1. The average molecular weight is 289 g/mol. The van der Waals surface area contributed by atoms with E-state index < -0.39 is 6.10 Å². The van der Waals surface area contributed by atoms with Gasteiger partial charge in [0.2, 0.25) is 0 Å². The SMILES string of the molecule is O=C(C(O)c1cc(Cl)ccc1Cl)N1CCNCC1. The lowest BCUT2D eigenvalue weighted by molar-refractivity contribution is -0.141. The fraction of sp³-hybridized carbons (Fsp3) is 0.417. The van der Waals surface area contributed by atoms with Gasteiger partial charge in [0, 0.05) is 41.8 Å². The van der Waals surface area contributed by atoms with E-state index in [-0.39, 0.29) is 5.91 Å². The summed E-state index contributed by atoms with van der Waals surface area (Å²) in [5, 5.41) is 14.0. The zero-order valence-electron chi connectivity index (χ0n) is 9.70. The highest BCUT2D eigenvalue weighted by Crippen LogP contribution is 2.27. The Morgan fingerprint density at radius 3 is 2.67 bits per heavy atom. The molecule has 0 saturated carbocycles. The van der Waals surface area contributed by atoms with Crippen molar-refractivity contribution in [2.24, 2.45) is 0 Å². The van der Waals surface area contributed by atoms with Gasteiger partial charge < -0.3 is 15.3 Å². The third-order valence-corrected chi connectivity index (χ3v) is 3.49. The Balaban J connectivity index is 2.16. The van der Waals surface area contributed by atoms with Crippen LogP contribution >= 0.6 is 23.2 Å². The number of carbonyl (C=O) groups excluding carboxylic acids is 1. The van der Waals surface area contributed by atoms with Crippen molar-refractivity contribution in [3.63, 3.8) is 0 Å². The molecule has 18 heavy (non-hydrogen) atoms. The number of nitrogens with zero attached hydrogens (tertiary/aromatic N) is 1. The molecule has 0 aliphatic carbocycles. The van der Waals surface area contributed by atoms with E-state index in [1.165, 1.54) is 6.07 Å². The number of halogens is 2. The standard InChI is InChI=1S/C12H14Cl2N2O2/c13-8-1-2-10(14)9(7-8)11(17)12(18)16-5-3-15-4-6-16/h1-2,7,11,15,17H,3-6H2. The summed E-state index contributed by atoms with van der Waals surface area (Å²) < 4.78 is 0. The normalized spacial score (nSPS) is 17.6. The third-order valence-electron chi connectivity index (χ3n) is 2.92. The van der Waals surface area contributed by atoms with Crippen molar-refractivity contribution in [2.75, 3.05) is 26.2 Å². The highest BCUT2D eigenvalue weighted by Gasteiger charge is 2.26. The molecular weight excluding hydrogens is 275 g/mol. The molecule has 1 aromatic carbocycles. The molecule has 0 radical (unpaired) electrons. The Kier molecular flexibility index (Phi) is 4.45. The average Bonchev–Trinajstić information content (AvgIpc) is 2.41. The number of amides is 1. The predicted octanol–water partition coefficient (Wildman–Crippen LogP) is 1.46. The lowest BCUT2D eigenvalue weighted by Crippen LogP contribution is -2.48. The predicted molar refractivity (Wildman–Crippen MR) is 70.9 cm³/mol. The molecule has 0 bridgehead atoms. The summed E-state index contributed by atoms with van der Waals surface area (Å²) in [6, 6.07) is 4.72.